The highest BCUT2D eigenvalue weighted by molar-refractivity contribution is 5.74. The first-order valence-corrected chi connectivity index (χ1v) is 9.09. The second kappa shape index (κ2) is 7.99. The Morgan fingerprint density at radius 2 is 1.92 bits per heavy atom. The molecule has 2 aliphatic rings. The van der Waals surface area contributed by atoms with Crippen molar-refractivity contribution in [3.05, 3.63) is 35.9 Å². The number of rotatable bonds is 5. The van der Waals surface area contributed by atoms with E-state index in [2.05, 4.69) is 17.3 Å². The van der Waals surface area contributed by atoms with Crippen LogP contribution in [0.5, 0.6) is 0 Å². The average molecular weight is 331 g/mol. The molecule has 2 saturated heterocycles. The largest absolute Gasteiger partial charge is 0.395 e. The predicted molar refractivity (Wildman–Crippen MR) is 94.7 cm³/mol. The molecule has 132 valence electrons. The lowest BCUT2D eigenvalue weighted by Gasteiger charge is -2.47. The Labute approximate surface area is 144 Å². The van der Waals surface area contributed by atoms with Crippen LogP contribution < -0.4 is 5.32 Å². The number of piperidine rings is 2. The zero-order valence-electron chi connectivity index (χ0n) is 14.5. The van der Waals surface area contributed by atoms with Gasteiger partial charge in [0.15, 0.2) is 0 Å². The molecule has 1 aromatic rings. The van der Waals surface area contributed by atoms with Crippen LogP contribution in [0, 0.1) is 0 Å². The van der Waals surface area contributed by atoms with Crippen molar-refractivity contribution in [2.24, 2.45) is 0 Å². The third kappa shape index (κ3) is 4.08. The molecule has 24 heavy (non-hydrogen) atoms. The number of carbonyl (C=O) groups excluding carboxylic acids is 1. The molecule has 0 aromatic heterocycles. The van der Waals surface area contributed by atoms with Crippen molar-refractivity contribution in [3.63, 3.8) is 0 Å². The number of hydrogen-bond donors (Lipinski definition) is 2. The minimum atomic E-state index is -0.0551. The monoisotopic (exact) mass is 331 g/mol. The second-order valence-electron chi connectivity index (χ2n) is 7.15. The molecule has 3 rings (SSSR count). The van der Waals surface area contributed by atoms with Gasteiger partial charge in [0.05, 0.1) is 6.61 Å². The third-order valence-corrected chi connectivity index (χ3v) is 5.54. The topological polar surface area (TPSA) is 55.8 Å². The molecule has 0 aliphatic carbocycles. The molecule has 0 saturated carbocycles. The number of carbonyl (C=O) groups is 1. The van der Waals surface area contributed by atoms with E-state index in [4.69, 9.17) is 0 Å². The molecular weight excluding hydrogens is 302 g/mol. The molecule has 2 heterocycles. The number of nitrogens with one attached hydrogen (secondary N) is 1. The molecule has 0 radical (unpaired) electrons. The van der Waals surface area contributed by atoms with Crippen molar-refractivity contribution in [1.82, 2.24) is 15.1 Å². The van der Waals surface area contributed by atoms with Gasteiger partial charge in [0.1, 0.15) is 0 Å². The van der Waals surface area contributed by atoms with Crippen LogP contribution >= 0.6 is 0 Å². The van der Waals surface area contributed by atoms with E-state index in [1.165, 1.54) is 19.3 Å². The SMILES string of the molecule is CN1C2CCCC1CC(NC(=O)N(CCO)Cc1ccccc1)C2. The lowest BCUT2D eigenvalue weighted by atomic mass is 9.82. The Morgan fingerprint density at radius 3 is 2.54 bits per heavy atom. The summed E-state index contributed by atoms with van der Waals surface area (Å²) in [6.45, 7) is 0.881. The fourth-order valence-corrected chi connectivity index (χ4v) is 4.18. The molecule has 2 atom stereocenters. The number of hydrogen-bond acceptors (Lipinski definition) is 3. The van der Waals surface area contributed by atoms with Crippen molar-refractivity contribution >= 4 is 6.03 Å². The number of nitrogens with zero attached hydrogens (tertiary/aromatic N) is 2. The van der Waals surface area contributed by atoms with Crippen molar-refractivity contribution in [2.45, 2.75) is 56.8 Å². The van der Waals surface area contributed by atoms with Crippen LogP contribution in [0.25, 0.3) is 0 Å². The summed E-state index contributed by atoms with van der Waals surface area (Å²) in [6.07, 6.45) is 5.87. The van der Waals surface area contributed by atoms with Gasteiger partial charge >= 0.3 is 6.03 Å². The van der Waals surface area contributed by atoms with Crippen molar-refractivity contribution < 1.29 is 9.90 Å². The van der Waals surface area contributed by atoms with Gasteiger partial charge in [-0.05, 0) is 38.3 Å². The first-order valence-electron chi connectivity index (χ1n) is 9.09. The third-order valence-electron chi connectivity index (χ3n) is 5.54. The van der Waals surface area contributed by atoms with Gasteiger partial charge in [-0.2, -0.15) is 0 Å². The molecule has 2 unspecified atom stereocenters. The van der Waals surface area contributed by atoms with E-state index in [0.29, 0.717) is 25.2 Å². The maximum absolute atomic E-state index is 12.7. The first kappa shape index (κ1) is 17.2. The molecule has 5 heteroatoms. The summed E-state index contributed by atoms with van der Waals surface area (Å²) in [7, 11) is 2.22. The van der Waals surface area contributed by atoms with Crippen LogP contribution in [0.15, 0.2) is 30.3 Å². The van der Waals surface area contributed by atoms with Crippen LogP contribution in [0.2, 0.25) is 0 Å². The molecule has 0 spiro atoms. The van der Waals surface area contributed by atoms with Crippen LogP contribution in [-0.4, -0.2) is 59.3 Å². The van der Waals surface area contributed by atoms with Gasteiger partial charge in [-0.15, -0.1) is 0 Å². The lowest BCUT2D eigenvalue weighted by molar-refractivity contribution is 0.0490. The highest BCUT2D eigenvalue weighted by atomic mass is 16.3. The summed E-state index contributed by atoms with van der Waals surface area (Å²) < 4.78 is 0. The summed E-state index contributed by atoms with van der Waals surface area (Å²) >= 11 is 0. The first-order chi connectivity index (χ1) is 11.7. The van der Waals surface area contributed by atoms with Crippen LogP contribution in [-0.2, 0) is 6.54 Å². The molecule has 2 bridgehead atoms. The van der Waals surface area contributed by atoms with Crippen LogP contribution in [0.3, 0.4) is 0 Å². The highest BCUT2D eigenvalue weighted by Crippen LogP contribution is 2.32. The maximum Gasteiger partial charge on any atom is 0.317 e. The van der Waals surface area contributed by atoms with Gasteiger partial charge in [-0.1, -0.05) is 36.8 Å². The number of fused-ring (bicyclic) bond motifs is 2. The number of aliphatic hydroxyl groups excluding tert-OH is 1. The molecule has 5 nitrogen and oxygen atoms in total. The van der Waals surface area contributed by atoms with E-state index in [0.717, 1.165) is 18.4 Å². The summed E-state index contributed by atoms with van der Waals surface area (Å²) in [4.78, 5) is 16.9. The van der Waals surface area contributed by atoms with Gasteiger partial charge in [0, 0.05) is 31.2 Å². The van der Waals surface area contributed by atoms with Gasteiger partial charge < -0.3 is 20.2 Å². The van der Waals surface area contributed by atoms with Gasteiger partial charge in [0.25, 0.3) is 0 Å². The van der Waals surface area contributed by atoms with E-state index in [1.807, 2.05) is 30.3 Å². The van der Waals surface area contributed by atoms with E-state index in [9.17, 15) is 9.90 Å². The maximum atomic E-state index is 12.7. The predicted octanol–water partition coefficient (Wildman–Crippen LogP) is 2.21. The van der Waals surface area contributed by atoms with E-state index >= 15 is 0 Å². The molecule has 2 fully saturated rings. The molecule has 2 amide bonds. The summed E-state index contributed by atoms with van der Waals surface area (Å²) in [5.74, 6) is 0. The van der Waals surface area contributed by atoms with E-state index < -0.39 is 0 Å². The minimum Gasteiger partial charge on any atom is -0.395 e. The summed E-state index contributed by atoms with van der Waals surface area (Å²) in [5.41, 5.74) is 1.08. The second-order valence-corrected chi connectivity index (χ2v) is 7.15. The van der Waals surface area contributed by atoms with Gasteiger partial charge in [0.2, 0.25) is 0 Å². The molecule has 2 aliphatic heterocycles. The number of amides is 2. The van der Waals surface area contributed by atoms with E-state index in [-0.39, 0.29) is 18.7 Å². The van der Waals surface area contributed by atoms with Crippen molar-refractivity contribution in [2.75, 3.05) is 20.2 Å². The fourth-order valence-electron chi connectivity index (χ4n) is 4.18. The van der Waals surface area contributed by atoms with Crippen molar-refractivity contribution in [3.8, 4) is 0 Å². The van der Waals surface area contributed by atoms with Gasteiger partial charge in [-0.25, -0.2) is 4.79 Å². The molecule has 1 aromatic carbocycles. The van der Waals surface area contributed by atoms with Crippen molar-refractivity contribution in [1.29, 1.82) is 0 Å². The standard InChI is InChI=1S/C19H29N3O2/c1-21-17-8-5-9-18(21)13-16(12-17)20-19(24)22(10-11-23)14-15-6-3-2-4-7-15/h2-4,6-7,16-18,23H,5,8-14H2,1H3,(H,20,24). The molecule has 2 N–H and O–H groups in total. The fraction of sp³-hybridized carbons (Fsp3) is 0.632. The quantitative estimate of drug-likeness (QED) is 0.870. The zero-order valence-corrected chi connectivity index (χ0v) is 14.5. The number of benzene rings is 1. The van der Waals surface area contributed by atoms with Crippen LogP contribution in [0.1, 0.15) is 37.7 Å². The Morgan fingerprint density at radius 1 is 1.25 bits per heavy atom. The lowest BCUT2D eigenvalue weighted by Crippen LogP contribution is -2.56. The minimum absolute atomic E-state index is 0.0150. The number of aliphatic hydroxyl groups is 1. The Kier molecular flexibility index (Phi) is 5.74. The average Bonchev–Trinajstić information content (AvgIpc) is 2.56. The normalized spacial score (nSPS) is 26.8. The van der Waals surface area contributed by atoms with E-state index in [1.54, 1.807) is 4.90 Å². The molecular formula is C19H29N3O2. The van der Waals surface area contributed by atoms with Gasteiger partial charge in [-0.3, -0.25) is 0 Å². The number of urea groups is 1. The summed E-state index contributed by atoms with van der Waals surface area (Å²) in [5, 5.41) is 12.5. The smallest absolute Gasteiger partial charge is 0.317 e. The Hall–Kier alpha value is -1.59. The summed E-state index contributed by atoms with van der Waals surface area (Å²) in [6, 6.07) is 11.3. The Bertz CT molecular complexity index is 523. The van der Waals surface area contributed by atoms with Crippen LogP contribution in [0.4, 0.5) is 4.79 Å². The Balaban J connectivity index is 1.59. The highest BCUT2D eigenvalue weighted by Gasteiger charge is 2.36. The zero-order chi connectivity index (χ0) is 16.9.